The fourth-order valence-corrected chi connectivity index (χ4v) is 3.48. The summed E-state index contributed by atoms with van der Waals surface area (Å²) in [7, 11) is 0. The van der Waals surface area contributed by atoms with Crippen LogP contribution in [0.25, 0.3) is 0 Å². The number of hydrogen-bond donors (Lipinski definition) is 2. The number of alkyl halides is 3. The summed E-state index contributed by atoms with van der Waals surface area (Å²) in [6.07, 6.45) is -1.10. The summed E-state index contributed by atoms with van der Waals surface area (Å²) >= 11 is 0. The third-order valence-electron chi connectivity index (χ3n) is 4.26. The molecule has 2 saturated heterocycles. The van der Waals surface area contributed by atoms with Gasteiger partial charge in [0.15, 0.2) is 0 Å². The van der Waals surface area contributed by atoms with E-state index in [2.05, 4.69) is 0 Å². The molecule has 2 aliphatic heterocycles. The van der Waals surface area contributed by atoms with Gasteiger partial charge in [-0.3, -0.25) is 14.5 Å². The Morgan fingerprint density at radius 2 is 1.76 bits per heavy atom. The first-order valence-corrected chi connectivity index (χ1v) is 7.05. The molecule has 0 radical (unpaired) electrons. The second kappa shape index (κ2) is 6.21. The fourth-order valence-electron chi connectivity index (χ4n) is 3.48. The summed E-state index contributed by atoms with van der Waals surface area (Å²) < 4.78 is 36.1. The highest BCUT2D eigenvalue weighted by Gasteiger charge is 2.41. The zero-order chi connectivity index (χ0) is 15.6. The van der Waals surface area contributed by atoms with Gasteiger partial charge in [-0.25, -0.2) is 0 Å². The van der Waals surface area contributed by atoms with E-state index >= 15 is 0 Å². The first-order valence-electron chi connectivity index (χ1n) is 7.05. The van der Waals surface area contributed by atoms with E-state index in [4.69, 9.17) is 5.11 Å². The van der Waals surface area contributed by atoms with Crippen molar-refractivity contribution in [2.75, 3.05) is 13.1 Å². The van der Waals surface area contributed by atoms with Crippen molar-refractivity contribution in [1.29, 1.82) is 0 Å². The number of carboxylic acid groups (broad SMARTS) is 1. The summed E-state index contributed by atoms with van der Waals surface area (Å²) in [5, 5.41) is 10.7. The van der Waals surface area contributed by atoms with Gasteiger partial charge >= 0.3 is 12.1 Å². The van der Waals surface area contributed by atoms with Gasteiger partial charge in [0.05, 0.1) is 6.54 Å². The quantitative estimate of drug-likeness (QED) is 0.805. The highest BCUT2D eigenvalue weighted by Crippen LogP contribution is 2.39. The second-order valence-corrected chi connectivity index (χ2v) is 5.88. The summed E-state index contributed by atoms with van der Waals surface area (Å²) in [6, 6.07) is 0.231. The van der Waals surface area contributed by atoms with Crippen LogP contribution in [0.2, 0.25) is 0 Å². The Kier molecular flexibility index (Phi) is 4.75. The molecular formula is C13H19F3N2O3. The SMILES string of the molecule is O=C(O)CC1CC2CCC(C1)N2CC(=O)NCC(F)(F)F. The predicted octanol–water partition coefficient (Wildman–Crippen LogP) is 1.38. The van der Waals surface area contributed by atoms with Crippen molar-refractivity contribution in [1.82, 2.24) is 10.2 Å². The monoisotopic (exact) mass is 308 g/mol. The summed E-state index contributed by atoms with van der Waals surface area (Å²) in [5.41, 5.74) is 0. The predicted molar refractivity (Wildman–Crippen MR) is 67.6 cm³/mol. The summed E-state index contributed by atoms with van der Waals surface area (Å²) in [6.45, 7) is -1.35. The van der Waals surface area contributed by atoms with Crippen LogP contribution >= 0.6 is 0 Å². The number of fused-ring (bicyclic) bond motifs is 2. The molecule has 0 aromatic heterocycles. The molecule has 21 heavy (non-hydrogen) atoms. The molecule has 2 rings (SSSR count). The molecule has 8 heteroatoms. The van der Waals surface area contributed by atoms with Crippen LogP contribution in [0.3, 0.4) is 0 Å². The lowest BCUT2D eigenvalue weighted by Gasteiger charge is -2.38. The molecule has 2 aliphatic rings. The molecule has 0 saturated carbocycles. The number of nitrogens with zero attached hydrogens (tertiary/aromatic N) is 1. The van der Waals surface area contributed by atoms with Gasteiger partial charge in [-0.2, -0.15) is 13.2 Å². The Balaban J connectivity index is 1.83. The smallest absolute Gasteiger partial charge is 0.405 e. The van der Waals surface area contributed by atoms with Crippen LogP contribution in [-0.4, -0.2) is 53.2 Å². The van der Waals surface area contributed by atoms with Crippen molar-refractivity contribution in [3.8, 4) is 0 Å². The third-order valence-corrected chi connectivity index (χ3v) is 4.26. The summed E-state index contributed by atoms with van der Waals surface area (Å²) in [5.74, 6) is -1.34. The van der Waals surface area contributed by atoms with E-state index in [1.807, 2.05) is 10.2 Å². The van der Waals surface area contributed by atoms with Crippen LogP contribution < -0.4 is 5.32 Å². The van der Waals surface area contributed by atoms with E-state index in [1.165, 1.54) is 0 Å². The number of carboxylic acids is 1. The van der Waals surface area contributed by atoms with Crippen molar-refractivity contribution >= 4 is 11.9 Å². The molecule has 0 spiro atoms. The molecule has 2 N–H and O–H groups in total. The third kappa shape index (κ3) is 4.59. The van der Waals surface area contributed by atoms with Crippen LogP contribution in [0.5, 0.6) is 0 Å². The van der Waals surface area contributed by atoms with Gasteiger partial charge in [0.1, 0.15) is 6.54 Å². The zero-order valence-electron chi connectivity index (χ0n) is 11.5. The molecule has 5 nitrogen and oxygen atoms in total. The molecule has 0 aliphatic carbocycles. The van der Waals surface area contributed by atoms with Gasteiger partial charge in [0.2, 0.25) is 5.91 Å². The number of carbonyl (C=O) groups is 2. The van der Waals surface area contributed by atoms with Crippen LogP contribution in [-0.2, 0) is 9.59 Å². The van der Waals surface area contributed by atoms with Gasteiger partial charge in [-0.05, 0) is 31.6 Å². The minimum absolute atomic E-state index is 0.0365. The van der Waals surface area contributed by atoms with Crippen LogP contribution in [0.15, 0.2) is 0 Å². The van der Waals surface area contributed by atoms with Crippen molar-refractivity contribution in [3.63, 3.8) is 0 Å². The number of hydrogen-bond acceptors (Lipinski definition) is 3. The molecule has 2 bridgehead atoms. The van der Waals surface area contributed by atoms with Crippen molar-refractivity contribution in [2.45, 2.75) is 50.4 Å². The van der Waals surface area contributed by atoms with Gasteiger partial charge < -0.3 is 10.4 Å². The average Bonchev–Trinajstić information content (AvgIpc) is 2.58. The number of amides is 1. The van der Waals surface area contributed by atoms with Crippen molar-refractivity contribution < 1.29 is 27.9 Å². The minimum atomic E-state index is -4.40. The first-order chi connectivity index (χ1) is 9.74. The highest BCUT2D eigenvalue weighted by molar-refractivity contribution is 5.78. The van der Waals surface area contributed by atoms with E-state index in [1.54, 1.807) is 0 Å². The van der Waals surface area contributed by atoms with E-state index in [-0.39, 0.29) is 31.0 Å². The Bertz CT molecular complexity index is 400. The van der Waals surface area contributed by atoms with Gasteiger partial charge in [-0.1, -0.05) is 0 Å². The van der Waals surface area contributed by atoms with E-state index in [0.717, 1.165) is 12.8 Å². The second-order valence-electron chi connectivity index (χ2n) is 5.88. The topological polar surface area (TPSA) is 69.6 Å². The molecule has 2 unspecified atom stereocenters. The number of nitrogens with one attached hydrogen (secondary N) is 1. The van der Waals surface area contributed by atoms with Gasteiger partial charge in [0.25, 0.3) is 0 Å². The fraction of sp³-hybridized carbons (Fsp3) is 0.846. The Hall–Kier alpha value is -1.31. The standard InChI is InChI=1S/C13H19F3N2O3/c14-13(15,16)7-17-11(19)6-18-9-1-2-10(18)4-8(3-9)5-12(20)21/h8-10H,1-7H2,(H,17,19)(H,20,21). The normalized spacial score (nSPS) is 29.4. The van der Waals surface area contributed by atoms with E-state index in [9.17, 15) is 22.8 Å². The lowest BCUT2D eigenvalue weighted by Crippen LogP contribution is -2.49. The van der Waals surface area contributed by atoms with Gasteiger partial charge in [-0.15, -0.1) is 0 Å². The molecular weight excluding hydrogens is 289 g/mol. The van der Waals surface area contributed by atoms with Crippen LogP contribution in [0.4, 0.5) is 13.2 Å². The van der Waals surface area contributed by atoms with E-state index in [0.29, 0.717) is 12.8 Å². The lowest BCUT2D eigenvalue weighted by atomic mass is 9.88. The average molecular weight is 308 g/mol. The molecule has 2 heterocycles. The number of rotatable bonds is 5. The minimum Gasteiger partial charge on any atom is -0.481 e. The molecule has 2 atom stereocenters. The van der Waals surface area contributed by atoms with Gasteiger partial charge in [0, 0.05) is 18.5 Å². The number of piperidine rings is 1. The number of carbonyl (C=O) groups excluding carboxylic acids is 1. The highest BCUT2D eigenvalue weighted by atomic mass is 19.4. The molecule has 0 aromatic carbocycles. The van der Waals surface area contributed by atoms with Crippen molar-refractivity contribution in [3.05, 3.63) is 0 Å². The molecule has 2 fully saturated rings. The summed E-state index contributed by atoms with van der Waals surface area (Å²) in [4.78, 5) is 24.3. The Morgan fingerprint density at radius 3 is 2.24 bits per heavy atom. The van der Waals surface area contributed by atoms with E-state index < -0.39 is 24.6 Å². The van der Waals surface area contributed by atoms with Crippen LogP contribution in [0, 0.1) is 5.92 Å². The number of halogens is 3. The maximum absolute atomic E-state index is 12.0. The molecule has 120 valence electrons. The Morgan fingerprint density at radius 1 is 1.19 bits per heavy atom. The number of aliphatic carboxylic acids is 1. The first kappa shape index (κ1) is 16.1. The van der Waals surface area contributed by atoms with Crippen molar-refractivity contribution in [2.24, 2.45) is 5.92 Å². The zero-order valence-corrected chi connectivity index (χ0v) is 11.5. The maximum atomic E-state index is 12.0. The largest absolute Gasteiger partial charge is 0.481 e. The lowest BCUT2D eigenvalue weighted by molar-refractivity contribution is -0.140. The maximum Gasteiger partial charge on any atom is 0.405 e. The molecule has 1 amide bonds. The molecule has 0 aromatic rings. The van der Waals surface area contributed by atoms with Crippen LogP contribution in [0.1, 0.15) is 32.1 Å². The Labute approximate surface area is 120 Å².